The first-order valence-corrected chi connectivity index (χ1v) is 6.79. The molecule has 2 aliphatic carbocycles. The molecule has 0 amide bonds. The lowest BCUT2D eigenvalue weighted by molar-refractivity contribution is 0.213. The van der Waals surface area contributed by atoms with E-state index in [4.69, 9.17) is 4.52 Å². The van der Waals surface area contributed by atoms with Gasteiger partial charge in [0.25, 0.3) is 0 Å². The van der Waals surface area contributed by atoms with Gasteiger partial charge in [0.1, 0.15) is 6.61 Å². The third-order valence-corrected chi connectivity index (χ3v) is 4.17. The van der Waals surface area contributed by atoms with Crippen molar-refractivity contribution in [3.05, 3.63) is 0 Å². The van der Waals surface area contributed by atoms with Crippen LogP contribution in [0.1, 0.15) is 32.6 Å². The van der Waals surface area contributed by atoms with Crippen LogP contribution in [0.2, 0.25) is 0 Å². The monoisotopic (exact) mass is 201 g/mol. The van der Waals surface area contributed by atoms with Crippen LogP contribution in [-0.4, -0.2) is 13.3 Å². The molecule has 1 spiro atoms. The zero-order valence-electron chi connectivity index (χ0n) is 8.45. The first-order chi connectivity index (χ1) is 6.12. The lowest BCUT2D eigenvalue weighted by Gasteiger charge is -2.14. The minimum atomic E-state index is -1.39. The largest absolute Gasteiger partial charge is 0.504 e. The second-order valence-corrected chi connectivity index (χ2v) is 5.98. The molecule has 3 atom stereocenters. The van der Waals surface area contributed by atoms with E-state index >= 15 is 0 Å². The summed E-state index contributed by atoms with van der Waals surface area (Å²) in [6.07, 6.45) is 5.42. The highest BCUT2D eigenvalue weighted by molar-refractivity contribution is 7.38. The Balaban J connectivity index is 1.88. The van der Waals surface area contributed by atoms with Gasteiger partial charge in [-0.3, -0.25) is 0 Å². The Hall–Kier alpha value is 0.0600. The predicted molar refractivity (Wildman–Crippen MR) is 53.0 cm³/mol. The second-order valence-electron chi connectivity index (χ2n) is 4.84. The van der Waals surface area contributed by atoms with Crippen LogP contribution in [0.5, 0.6) is 0 Å². The maximum atomic E-state index is 10.8. The number of hydrogen-bond donors (Lipinski definition) is 0. The summed E-state index contributed by atoms with van der Waals surface area (Å²) < 4.78 is 16.1. The van der Waals surface area contributed by atoms with Crippen molar-refractivity contribution < 1.29 is 9.09 Å². The van der Waals surface area contributed by atoms with E-state index in [9.17, 15) is 4.57 Å². The molecule has 13 heavy (non-hydrogen) atoms. The van der Waals surface area contributed by atoms with E-state index in [0.29, 0.717) is 11.3 Å². The zero-order chi connectivity index (χ0) is 9.47. The van der Waals surface area contributed by atoms with Crippen molar-refractivity contribution in [1.29, 1.82) is 0 Å². The summed E-state index contributed by atoms with van der Waals surface area (Å²) >= 11 is 0. The van der Waals surface area contributed by atoms with Crippen LogP contribution in [0.15, 0.2) is 0 Å². The van der Waals surface area contributed by atoms with Crippen LogP contribution < -0.4 is 0 Å². The minimum absolute atomic E-state index is 0.616. The smallest absolute Gasteiger partial charge is 0.146 e. The summed E-state index contributed by atoms with van der Waals surface area (Å²) in [7, 11) is -1.39. The summed E-state index contributed by atoms with van der Waals surface area (Å²) in [6.45, 7) is 4.70. The van der Waals surface area contributed by atoms with Crippen LogP contribution in [-0.2, 0) is 9.09 Å². The molecular weight excluding hydrogens is 183 g/mol. The Morgan fingerprint density at radius 3 is 2.77 bits per heavy atom. The average molecular weight is 201 g/mol. The normalized spacial score (nSPS) is 36.6. The molecule has 0 aromatic carbocycles. The van der Waals surface area contributed by atoms with Crippen molar-refractivity contribution in [2.75, 3.05) is 13.3 Å². The number of hydrogen-bond acceptors (Lipinski definition) is 2. The maximum absolute atomic E-state index is 10.8. The first kappa shape index (κ1) is 9.61. The van der Waals surface area contributed by atoms with Gasteiger partial charge in [-0.15, -0.1) is 4.52 Å². The predicted octanol–water partition coefficient (Wildman–Crippen LogP) is 3.20. The Morgan fingerprint density at radius 1 is 1.54 bits per heavy atom. The van der Waals surface area contributed by atoms with E-state index in [1.165, 1.54) is 25.7 Å². The van der Waals surface area contributed by atoms with Gasteiger partial charge in [0.2, 0.25) is 0 Å². The molecule has 0 aromatic rings. The molecule has 2 fully saturated rings. The fraction of sp³-hybridized carbons (Fsp3) is 1.00. The van der Waals surface area contributed by atoms with Crippen molar-refractivity contribution >= 4 is 8.03 Å². The number of rotatable bonds is 3. The highest BCUT2D eigenvalue weighted by atomic mass is 31.1. The third-order valence-electron chi connectivity index (χ3n) is 3.66. The quantitative estimate of drug-likeness (QED) is 0.655. The Bertz CT molecular complexity index is 223. The lowest BCUT2D eigenvalue weighted by Crippen LogP contribution is -2.13. The van der Waals surface area contributed by atoms with E-state index in [1.807, 2.05) is 0 Å². The van der Waals surface area contributed by atoms with Crippen LogP contribution >= 0.6 is 8.03 Å². The van der Waals surface area contributed by atoms with Crippen molar-refractivity contribution in [1.82, 2.24) is 0 Å². The summed E-state index contributed by atoms with van der Waals surface area (Å²) in [5.74, 6) is 1.55. The SMILES string of the molecule is CC1CC(CO[P+](C)=O)C2(CC2)C1. The van der Waals surface area contributed by atoms with Gasteiger partial charge >= 0.3 is 8.03 Å². The van der Waals surface area contributed by atoms with E-state index in [0.717, 1.165) is 12.5 Å². The molecule has 74 valence electrons. The van der Waals surface area contributed by atoms with Crippen molar-refractivity contribution in [3.8, 4) is 0 Å². The Labute approximate surface area is 80.9 Å². The molecule has 3 unspecified atom stereocenters. The highest BCUT2D eigenvalue weighted by Gasteiger charge is 2.54. The van der Waals surface area contributed by atoms with Gasteiger partial charge in [-0.1, -0.05) is 6.92 Å². The van der Waals surface area contributed by atoms with Crippen LogP contribution in [0.25, 0.3) is 0 Å². The molecular formula is C10H18O2P+. The zero-order valence-corrected chi connectivity index (χ0v) is 9.35. The van der Waals surface area contributed by atoms with Gasteiger partial charge in [0, 0.05) is 0 Å². The Morgan fingerprint density at radius 2 is 2.23 bits per heavy atom. The molecule has 0 aromatic heterocycles. The fourth-order valence-electron chi connectivity index (χ4n) is 2.89. The molecule has 2 aliphatic rings. The molecule has 3 heteroatoms. The van der Waals surface area contributed by atoms with Gasteiger partial charge in [0.15, 0.2) is 6.66 Å². The standard InChI is InChI=1S/C10H18O2P/c1-8-5-9(7-12-13(2)11)10(6-8)3-4-10/h8-9H,3-7H2,1-2H3/q+1. The van der Waals surface area contributed by atoms with Gasteiger partial charge in [-0.25, -0.2) is 0 Å². The van der Waals surface area contributed by atoms with Gasteiger partial charge in [-0.2, -0.15) is 0 Å². The van der Waals surface area contributed by atoms with Crippen molar-refractivity contribution in [2.24, 2.45) is 17.3 Å². The van der Waals surface area contributed by atoms with E-state index < -0.39 is 8.03 Å². The van der Waals surface area contributed by atoms with E-state index in [-0.39, 0.29) is 0 Å². The molecule has 0 bridgehead atoms. The molecule has 0 N–H and O–H groups in total. The molecule has 0 aliphatic heterocycles. The van der Waals surface area contributed by atoms with Crippen LogP contribution in [0, 0.1) is 17.3 Å². The first-order valence-electron chi connectivity index (χ1n) is 5.16. The van der Waals surface area contributed by atoms with Crippen LogP contribution in [0.3, 0.4) is 0 Å². The lowest BCUT2D eigenvalue weighted by atomic mass is 9.94. The van der Waals surface area contributed by atoms with E-state index in [2.05, 4.69) is 6.92 Å². The molecule has 0 radical (unpaired) electrons. The molecule has 0 saturated heterocycles. The van der Waals surface area contributed by atoms with E-state index in [1.54, 1.807) is 6.66 Å². The molecule has 0 heterocycles. The summed E-state index contributed by atoms with van der Waals surface area (Å²) in [5.41, 5.74) is 0.616. The molecule has 2 nitrogen and oxygen atoms in total. The average Bonchev–Trinajstić information content (AvgIpc) is 2.70. The Kier molecular flexibility index (Phi) is 2.46. The second kappa shape index (κ2) is 3.33. The van der Waals surface area contributed by atoms with Gasteiger partial charge in [-0.05, 0) is 47.5 Å². The summed E-state index contributed by atoms with van der Waals surface area (Å²) in [5, 5.41) is 0. The highest BCUT2D eigenvalue weighted by Crippen LogP contribution is 2.63. The summed E-state index contributed by atoms with van der Waals surface area (Å²) in [6, 6.07) is 0. The molecule has 2 saturated carbocycles. The molecule has 2 rings (SSSR count). The van der Waals surface area contributed by atoms with Gasteiger partial charge < -0.3 is 0 Å². The maximum Gasteiger partial charge on any atom is 0.504 e. The fourth-order valence-corrected chi connectivity index (χ4v) is 3.28. The third kappa shape index (κ3) is 1.94. The van der Waals surface area contributed by atoms with Crippen LogP contribution in [0.4, 0.5) is 0 Å². The van der Waals surface area contributed by atoms with Gasteiger partial charge in [0.05, 0.1) is 0 Å². The minimum Gasteiger partial charge on any atom is -0.146 e. The topological polar surface area (TPSA) is 26.3 Å². The van der Waals surface area contributed by atoms with Crippen molar-refractivity contribution in [2.45, 2.75) is 32.6 Å². The summed E-state index contributed by atoms with van der Waals surface area (Å²) in [4.78, 5) is 0. The van der Waals surface area contributed by atoms with Crippen molar-refractivity contribution in [3.63, 3.8) is 0 Å².